The molecule has 0 bridgehead atoms. The number of likely N-dealkylation sites (tertiary alicyclic amines) is 1. The van der Waals surface area contributed by atoms with Crippen molar-refractivity contribution in [3.05, 3.63) is 64.6 Å². The van der Waals surface area contributed by atoms with E-state index in [1.165, 1.54) is 6.26 Å². The Bertz CT molecular complexity index is 1310. The Morgan fingerprint density at radius 1 is 1.16 bits per heavy atom. The van der Waals surface area contributed by atoms with E-state index in [0.29, 0.717) is 5.69 Å². The molecule has 0 radical (unpaired) electrons. The van der Waals surface area contributed by atoms with Gasteiger partial charge >= 0.3 is 0 Å². The number of aromatic nitrogens is 3. The van der Waals surface area contributed by atoms with Crippen LogP contribution in [0.2, 0.25) is 0 Å². The van der Waals surface area contributed by atoms with Gasteiger partial charge in [-0.3, -0.25) is 4.72 Å². The molecule has 0 spiro atoms. The Labute approximate surface area is 190 Å². The summed E-state index contributed by atoms with van der Waals surface area (Å²) >= 11 is 0. The summed E-state index contributed by atoms with van der Waals surface area (Å²) in [4.78, 5) is 6.99. The normalized spacial score (nSPS) is 17.0. The number of piperidine rings is 1. The van der Waals surface area contributed by atoms with E-state index in [9.17, 15) is 8.42 Å². The van der Waals surface area contributed by atoms with Crippen LogP contribution in [0, 0.1) is 27.7 Å². The van der Waals surface area contributed by atoms with Gasteiger partial charge in [0.1, 0.15) is 0 Å². The Kier molecular flexibility index (Phi) is 5.75. The molecule has 1 aliphatic heterocycles. The van der Waals surface area contributed by atoms with Crippen LogP contribution in [0.1, 0.15) is 59.1 Å². The van der Waals surface area contributed by atoms with E-state index in [4.69, 9.17) is 10.1 Å². The molecule has 1 N–H and O–H groups in total. The van der Waals surface area contributed by atoms with Crippen molar-refractivity contribution in [2.45, 2.75) is 53.0 Å². The van der Waals surface area contributed by atoms with Crippen LogP contribution in [0.4, 0.5) is 5.69 Å². The third-order valence-corrected chi connectivity index (χ3v) is 6.96. The molecule has 7 nitrogen and oxygen atoms in total. The van der Waals surface area contributed by atoms with E-state index < -0.39 is 10.0 Å². The van der Waals surface area contributed by atoms with E-state index in [2.05, 4.69) is 36.1 Å². The molecule has 2 aromatic heterocycles. The molecular weight excluding hydrogens is 422 g/mol. The van der Waals surface area contributed by atoms with Crippen molar-refractivity contribution >= 4 is 27.1 Å². The second kappa shape index (κ2) is 8.24. The van der Waals surface area contributed by atoms with Crippen molar-refractivity contribution in [2.24, 2.45) is 0 Å². The third-order valence-electron chi connectivity index (χ3n) is 6.37. The van der Waals surface area contributed by atoms with Gasteiger partial charge < -0.3 is 4.90 Å². The molecule has 0 saturated carbocycles. The van der Waals surface area contributed by atoms with E-state index in [1.54, 1.807) is 6.07 Å². The molecule has 3 aromatic rings. The maximum atomic E-state index is 11.9. The topological polar surface area (TPSA) is 79.6 Å². The van der Waals surface area contributed by atoms with E-state index >= 15 is 0 Å². The minimum absolute atomic E-state index is 0.0598. The molecule has 4 rings (SSSR count). The lowest BCUT2D eigenvalue weighted by molar-refractivity contribution is 0.226. The number of sulfonamides is 1. The van der Waals surface area contributed by atoms with Crippen LogP contribution in [0.15, 0.2) is 30.8 Å². The largest absolute Gasteiger partial charge is 0.363 e. The van der Waals surface area contributed by atoms with Crippen molar-refractivity contribution in [2.75, 3.05) is 17.5 Å². The monoisotopic (exact) mass is 453 g/mol. The highest BCUT2D eigenvalue weighted by molar-refractivity contribution is 7.92. The Morgan fingerprint density at radius 2 is 1.91 bits per heavy atom. The molecule has 1 aromatic carbocycles. The fraction of sp³-hybridized carbons (Fsp3) is 0.417. The zero-order valence-electron chi connectivity index (χ0n) is 19.4. The van der Waals surface area contributed by atoms with Gasteiger partial charge in [0.15, 0.2) is 5.65 Å². The molecular formula is C24H31N5O2S. The van der Waals surface area contributed by atoms with Crippen LogP contribution in [-0.4, -0.2) is 40.7 Å². The summed E-state index contributed by atoms with van der Waals surface area (Å²) in [6.07, 6.45) is 4.29. The fourth-order valence-electron chi connectivity index (χ4n) is 4.46. The number of hydrogen-bond donors (Lipinski definition) is 1. The predicted octanol–water partition coefficient (Wildman–Crippen LogP) is 4.53. The highest BCUT2D eigenvalue weighted by Gasteiger charge is 2.29. The van der Waals surface area contributed by atoms with Crippen molar-refractivity contribution in [3.8, 4) is 0 Å². The maximum absolute atomic E-state index is 11.9. The number of nitrogens with one attached hydrogen (secondary N) is 1. The molecule has 1 aliphatic rings. The van der Waals surface area contributed by atoms with E-state index in [0.717, 1.165) is 70.9 Å². The minimum Gasteiger partial charge on any atom is -0.363 e. The quantitative estimate of drug-likeness (QED) is 0.614. The molecule has 32 heavy (non-hydrogen) atoms. The van der Waals surface area contributed by atoms with Gasteiger partial charge in [0.05, 0.1) is 23.7 Å². The predicted molar refractivity (Wildman–Crippen MR) is 129 cm³/mol. The molecule has 170 valence electrons. The summed E-state index contributed by atoms with van der Waals surface area (Å²) in [6.45, 7) is 13.4. The van der Waals surface area contributed by atoms with E-state index in [-0.39, 0.29) is 6.04 Å². The molecule has 8 heteroatoms. The number of rotatable bonds is 5. The first kappa shape index (κ1) is 22.3. The first-order valence-corrected chi connectivity index (χ1v) is 12.8. The zero-order chi connectivity index (χ0) is 23.2. The van der Waals surface area contributed by atoms with Crippen LogP contribution in [-0.2, 0) is 10.0 Å². The highest BCUT2D eigenvalue weighted by atomic mass is 32.2. The molecule has 1 saturated heterocycles. The van der Waals surface area contributed by atoms with Gasteiger partial charge in [-0.25, -0.2) is 17.9 Å². The Hall–Kier alpha value is -2.87. The third kappa shape index (κ3) is 4.24. The average molecular weight is 454 g/mol. The van der Waals surface area contributed by atoms with Gasteiger partial charge in [-0.05, 0) is 64.7 Å². The van der Waals surface area contributed by atoms with Crippen molar-refractivity contribution in [1.82, 2.24) is 19.5 Å². The summed E-state index contributed by atoms with van der Waals surface area (Å²) in [7, 11) is -3.41. The average Bonchev–Trinajstić information content (AvgIpc) is 3.16. The summed E-state index contributed by atoms with van der Waals surface area (Å²) < 4.78 is 28.4. The zero-order valence-corrected chi connectivity index (χ0v) is 20.3. The second-order valence-electron chi connectivity index (χ2n) is 8.82. The lowest BCUT2D eigenvalue weighted by Crippen LogP contribution is -2.32. The molecule has 0 unspecified atom stereocenters. The number of fused-ring (bicyclic) bond motifs is 1. The Morgan fingerprint density at radius 3 is 2.62 bits per heavy atom. The minimum atomic E-state index is -3.41. The lowest BCUT2D eigenvalue weighted by Gasteiger charge is -2.38. The number of nitrogens with zero attached hydrogens (tertiary/aromatic N) is 4. The van der Waals surface area contributed by atoms with Gasteiger partial charge in [-0.2, -0.15) is 5.10 Å². The van der Waals surface area contributed by atoms with Crippen LogP contribution < -0.4 is 4.72 Å². The van der Waals surface area contributed by atoms with Gasteiger partial charge in [0.2, 0.25) is 10.0 Å². The van der Waals surface area contributed by atoms with Crippen molar-refractivity contribution in [1.29, 1.82) is 0 Å². The summed E-state index contributed by atoms with van der Waals surface area (Å²) in [5, 5.41) is 4.92. The first-order valence-electron chi connectivity index (χ1n) is 10.9. The van der Waals surface area contributed by atoms with Gasteiger partial charge in [-0.15, -0.1) is 0 Å². The standard InChI is InChI=1S/C24H31N5O2S/c1-15-10-11-21(27-32(6,30)31)20(13-15)19(5)28-12-8-7-9-23(28)22-14-24-25-17(3)16(2)18(4)29(24)26-22/h10-11,13-14,23,27H,5,7-9,12H2,1-4,6H3/t23-/m0/s1. The van der Waals surface area contributed by atoms with E-state index in [1.807, 2.05) is 30.5 Å². The van der Waals surface area contributed by atoms with Gasteiger partial charge in [0, 0.05) is 35.3 Å². The van der Waals surface area contributed by atoms with Crippen LogP contribution in [0.5, 0.6) is 0 Å². The first-order chi connectivity index (χ1) is 15.0. The van der Waals surface area contributed by atoms with Crippen LogP contribution in [0.3, 0.4) is 0 Å². The van der Waals surface area contributed by atoms with Gasteiger partial charge in [0.25, 0.3) is 0 Å². The smallest absolute Gasteiger partial charge is 0.229 e. The van der Waals surface area contributed by atoms with Crippen molar-refractivity contribution in [3.63, 3.8) is 0 Å². The number of benzene rings is 1. The maximum Gasteiger partial charge on any atom is 0.229 e. The highest BCUT2D eigenvalue weighted by Crippen LogP contribution is 2.38. The molecule has 1 atom stereocenters. The van der Waals surface area contributed by atoms with Crippen molar-refractivity contribution < 1.29 is 8.42 Å². The number of hydrogen-bond acceptors (Lipinski definition) is 5. The SMILES string of the molecule is C=C(c1cc(C)ccc1NS(C)(=O)=O)N1CCCC[C@H]1c1cc2nc(C)c(C)c(C)n2n1. The lowest BCUT2D eigenvalue weighted by atomic mass is 9.96. The Balaban J connectivity index is 1.75. The summed E-state index contributed by atoms with van der Waals surface area (Å²) in [5.41, 5.74) is 8.28. The van der Waals surface area contributed by atoms with Crippen LogP contribution >= 0.6 is 0 Å². The van der Waals surface area contributed by atoms with Crippen LogP contribution in [0.25, 0.3) is 11.3 Å². The molecule has 3 heterocycles. The molecule has 0 amide bonds. The molecule has 1 fully saturated rings. The molecule has 0 aliphatic carbocycles. The second-order valence-corrected chi connectivity index (χ2v) is 10.6. The number of aryl methyl sites for hydroxylation is 3. The summed E-state index contributed by atoms with van der Waals surface area (Å²) in [5.74, 6) is 0. The summed E-state index contributed by atoms with van der Waals surface area (Å²) in [6, 6.07) is 7.83. The van der Waals surface area contributed by atoms with Gasteiger partial charge in [-0.1, -0.05) is 18.2 Å². The fourth-order valence-corrected chi connectivity index (χ4v) is 5.03. The number of anilines is 1.